The molecule has 6 heteroatoms. The van der Waals surface area contributed by atoms with E-state index in [9.17, 15) is 9.59 Å². The van der Waals surface area contributed by atoms with Crippen LogP contribution in [0.1, 0.15) is 22.8 Å². The molecule has 0 fully saturated rings. The molecule has 1 aliphatic rings. The fourth-order valence-electron chi connectivity index (χ4n) is 2.69. The fourth-order valence-corrected chi connectivity index (χ4v) is 2.69. The zero-order chi connectivity index (χ0) is 18.5. The van der Waals surface area contributed by atoms with Crippen molar-refractivity contribution in [3.05, 3.63) is 59.7 Å². The molecule has 0 N–H and O–H groups in total. The van der Waals surface area contributed by atoms with Gasteiger partial charge < -0.3 is 19.1 Å². The summed E-state index contributed by atoms with van der Waals surface area (Å²) < 4.78 is 16.2. The summed E-state index contributed by atoms with van der Waals surface area (Å²) in [4.78, 5) is 26.3. The lowest BCUT2D eigenvalue weighted by atomic mass is 10.2. The van der Waals surface area contributed by atoms with Crippen LogP contribution in [-0.2, 0) is 16.1 Å². The van der Waals surface area contributed by atoms with E-state index in [2.05, 4.69) is 0 Å². The van der Waals surface area contributed by atoms with Gasteiger partial charge in [-0.05, 0) is 30.7 Å². The molecule has 2 aromatic carbocycles. The molecule has 1 aliphatic heterocycles. The van der Waals surface area contributed by atoms with Gasteiger partial charge in [0.05, 0.1) is 5.56 Å². The van der Waals surface area contributed by atoms with Crippen molar-refractivity contribution in [2.75, 3.05) is 20.3 Å². The molecule has 2 aromatic rings. The second-order valence-electron chi connectivity index (χ2n) is 6.09. The van der Waals surface area contributed by atoms with E-state index in [1.165, 1.54) is 4.90 Å². The van der Waals surface area contributed by atoms with Gasteiger partial charge in [0, 0.05) is 13.6 Å². The van der Waals surface area contributed by atoms with Crippen LogP contribution in [0.4, 0.5) is 0 Å². The Kier molecular flexibility index (Phi) is 5.41. The molecule has 0 spiro atoms. The third kappa shape index (κ3) is 4.14. The minimum absolute atomic E-state index is 0.264. The molecule has 3 rings (SSSR count). The molecule has 0 aromatic heterocycles. The largest absolute Gasteiger partial charge is 0.486 e. The third-order valence-electron chi connectivity index (χ3n) is 4.05. The highest BCUT2D eigenvalue weighted by Crippen LogP contribution is 2.31. The summed E-state index contributed by atoms with van der Waals surface area (Å²) in [6.45, 7) is 2.94. The lowest BCUT2D eigenvalue weighted by Crippen LogP contribution is -2.37. The average molecular weight is 355 g/mol. The molecule has 1 amide bonds. The predicted molar refractivity (Wildman–Crippen MR) is 95.2 cm³/mol. The fraction of sp³-hybridized carbons (Fsp3) is 0.300. The quantitative estimate of drug-likeness (QED) is 0.772. The zero-order valence-corrected chi connectivity index (χ0v) is 14.8. The molecule has 0 saturated carbocycles. The number of benzene rings is 2. The van der Waals surface area contributed by atoms with Gasteiger partial charge in [0.1, 0.15) is 13.2 Å². The monoisotopic (exact) mass is 355 g/mol. The Morgan fingerprint density at radius 1 is 1.08 bits per heavy atom. The van der Waals surface area contributed by atoms with Crippen LogP contribution in [-0.4, -0.2) is 43.1 Å². The molecular formula is C20H21NO5. The summed E-state index contributed by atoms with van der Waals surface area (Å²) >= 11 is 0. The summed E-state index contributed by atoms with van der Waals surface area (Å²) in [6.07, 6.45) is -0.885. The molecule has 1 unspecified atom stereocenters. The highest BCUT2D eigenvalue weighted by Gasteiger charge is 2.23. The highest BCUT2D eigenvalue weighted by molar-refractivity contribution is 5.92. The van der Waals surface area contributed by atoms with Crippen molar-refractivity contribution in [3.8, 4) is 11.5 Å². The number of rotatable bonds is 5. The first-order chi connectivity index (χ1) is 12.5. The van der Waals surface area contributed by atoms with E-state index in [0.717, 1.165) is 5.56 Å². The van der Waals surface area contributed by atoms with Crippen molar-refractivity contribution in [2.24, 2.45) is 0 Å². The molecule has 1 atom stereocenters. The van der Waals surface area contributed by atoms with Crippen LogP contribution >= 0.6 is 0 Å². The smallest absolute Gasteiger partial charge is 0.339 e. The van der Waals surface area contributed by atoms with Crippen LogP contribution in [0.2, 0.25) is 0 Å². The van der Waals surface area contributed by atoms with E-state index in [-0.39, 0.29) is 5.91 Å². The Hall–Kier alpha value is -3.02. The Morgan fingerprint density at radius 3 is 2.50 bits per heavy atom. The number of amides is 1. The van der Waals surface area contributed by atoms with Gasteiger partial charge in [-0.2, -0.15) is 0 Å². The van der Waals surface area contributed by atoms with Crippen LogP contribution in [0, 0.1) is 0 Å². The van der Waals surface area contributed by atoms with Crippen LogP contribution in [0.5, 0.6) is 11.5 Å². The van der Waals surface area contributed by atoms with E-state index >= 15 is 0 Å². The Morgan fingerprint density at radius 2 is 1.77 bits per heavy atom. The van der Waals surface area contributed by atoms with Crippen molar-refractivity contribution < 1.29 is 23.8 Å². The first-order valence-corrected chi connectivity index (χ1v) is 8.44. The van der Waals surface area contributed by atoms with Gasteiger partial charge in [0.15, 0.2) is 17.6 Å². The number of hydrogen-bond donors (Lipinski definition) is 0. The SMILES string of the molecule is CC(OC(=O)c1ccc2c(c1)OCCO2)C(=O)N(C)Cc1ccccc1. The van der Waals surface area contributed by atoms with Crippen molar-refractivity contribution in [1.29, 1.82) is 0 Å². The number of likely N-dealkylation sites (N-methyl/N-ethyl adjacent to an activating group) is 1. The average Bonchev–Trinajstić information content (AvgIpc) is 2.67. The third-order valence-corrected chi connectivity index (χ3v) is 4.05. The van der Waals surface area contributed by atoms with Crippen LogP contribution < -0.4 is 9.47 Å². The van der Waals surface area contributed by atoms with Gasteiger partial charge in [-0.3, -0.25) is 4.79 Å². The van der Waals surface area contributed by atoms with Gasteiger partial charge in [0.2, 0.25) is 0 Å². The lowest BCUT2D eigenvalue weighted by Gasteiger charge is -2.22. The van der Waals surface area contributed by atoms with E-state index in [1.807, 2.05) is 30.3 Å². The first-order valence-electron chi connectivity index (χ1n) is 8.44. The molecule has 0 saturated heterocycles. The van der Waals surface area contributed by atoms with Crippen molar-refractivity contribution in [3.63, 3.8) is 0 Å². The number of hydrogen-bond acceptors (Lipinski definition) is 5. The maximum absolute atomic E-state index is 12.5. The molecule has 0 bridgehead atoms. The maximum atomic E-state index is 12.5. The van der Waals surface area contributed by atoms with E-state index in [0.29, 0.717) is 36.8 Å². The molecule has 0 radical (unpaired) electrons. The van der Waals surface area contributed by atoms with E-state index < -0.39 is 12.1 Å². The summed E-state index contributed by atoms with van der Waals surface area (Å²) in [5.41, 5.74) is 1.33. The van der Waals surface area contributed by atoms with Crippen molar-refractivity contribution in [1.82, 2.24) is 4.90 Å². The van der Waals surface area contributed by atoms with Gasteiger partial charge >= 0.3 is 5.97 Å². The second kappa shape index (κ2) is 7.91. The predicted octanol–water partition coefficient (Wildman–Crippen LogP) is 2.66. The standard InChI is InChI=1S/C20H21NO5/c1-14(19(22)21(2)13-15-6-4-3-5-7-15)26-20(23)16-8-9-17-18(12-16)25-11-10-24-17/h3-9,12,14H,10-11,13H2,1-2H3. The summed E-state index contributed by atoms with van der Waals surface area (Å²) in [7, 11) is 1.68. The number of carbonyl (C=O) groups excluding carboxylic acids is 2. The summed E-state index contributed by atoms with van der Waals surface area (Å²) in [5, 5.41) is 0. The van der Waals surface area contributed by atoms with Crippen LogP contribution in [0.15, 0.2) is 48.5 Å². The van der Waals surface area contributed by atoms with Crippen molar-refractivity contribution >= 4 is 11.9 Å². The highest BCUT2D eigenvalue weighted by atomic mass is 16.6. The number of ether oxygens (including phenoxy) is 3. The molecular weight excluding hydrogens is 334 g/mol. The van der Waals surface area contributed by atoms with Crippen molar-refractivity contribution in [2.45, 2.75) is 19.6 Å². The van der Waals surface area contributed by atoms with Crippen LogP contribution in [0.25, 0.3) is 0 Å². The molecule has 136 valence electrons. The minimum atomic E-state index is -0.885. The normalized spacial score (nSPS) is 13.6. The lowest BCUT2D eigenvalue weighted by molar-refractivity contribution is -0.139. The summed E-state index contributed by atoms with van der Waals surface area (Å²) in [5.74, 6) is 0.265. The molecule has 6 nitrogen and oxygen atoms in total. The Labute approximate surface area is 152 Å². The van der Waals surface area contributed by atoms with Gasteiger partial charge in [-0.15, -0.1) is 0 Å². The van der Waals surface area contributed by atoms with Gasteiger partial charge in [-0.25, -0.2) is 4.79 Å². The first kappa shape index (κ1) is 17.8. The van der Waals surface area contributed by atoms with E-state index in [1.54, 1.807) is 32.2 Å². The number of esters is 1. The molecule has 26 heavy (non-hydrogen) atoms. The summed E-state index contributed by atoms with van der Waals surface area (Å²) in [6, 6.07) is 14.5. The number of carbonyl (C=O) groups is 2. The number of nitrogens with zero attached hydrogens (tertiary/aromatic N) is 1. The second-order valence-corrected chi connectivity index (χ2v) is 6.09. The van der Waals surface area contributed by atoms with Crippen LogP contribution in [0.3, 0.4) is 0 Å². The molecule has 1 heterocycles. The number of fused-ring (bicyclic) bond motifs is 1. The zero-order valence-electron chi connectivity index (χ0n) is 14.8. The van der Waals surface area contributed by atoms with Gasteiger partial charge in [-0.1, -0.05) is 30.3 Å². The molecule has 0 aliphatic carbocycles. The Balaban J connectivity index is 1.60. The van der Waals surface area contributed by atoms with Gasteiger partial charge in [0.25, 0.3) is 5.91 Å². The minimum Gasteiger partial charge on any atom is -0.486 e. The van der Waals surface area contributed by atoms with E-state index in [4.69, 9.17) is 14.2 Å². The Bertz CT molecular complexity index is 790. The maximum Gasteiger partial charge on any atom is 0.339 e. The topological polar surface area (TPSA) is 65.1 Å².